The van der Waals surface area contributed by atoms with Crippen molar-refractivity contribution in [3.05, 3.63) is 42.0 Å². The van der Waals surface area contributed by atoms with Crippen molar-refractivity contribution < 1.29 is 53.7 Å². The standard InChI is InChI=1S/C43H66N6O11/c1-7-26(5)37(42(59)49-38(29-17-13-10-14-18-29)43(60)45-30(8-2)34(51)21-19-28-15-11-9-12-16-28)48-41(58)32(23-25(3)4)47-39(56)31(20-22-35(52)53)46-40(57)33(24-36(54)55)44-27(6)50/h9,11-12,15-16,19,21,25-26,29-34,37-38,51H,7-8,10,13-14,17-18,20,22-24H2,1-6H3,(H,44,50)(H,45,60)(H,46,57)(H,47,56)(H,48,58)(H,49,59)(H,52,53)(H,54,55)/b21-19+/t26-,30-,31+,32-,33-,34?,37-,38-/m0/s1. The molecule has 1 aliphatic rings. The quantitative estimate of drug-likeness (QED) is 0.0690. The number of benzene rings is 1. The number of carbonyl (C=O) groups is 8. The minimum atomic E-state index is -1.57. The molecule has 1 aromatic carbocycles. The van der Waals surface area contributed by atoms with Gasteiger partial charge in [-0.05, 0) is 55.4 Å². The van der Waals surface area contributed by atoms with Gasteiger partial charge in [-0.2, -0.15) is 0 Å². The maximum atomic E-state index is 14.2. The molecule has 0 heterocycles. The molecule has 6 amide bonds. The molecule has 0 aliphatic heterocycles. The summed E-state index contributed by atoms with van der Waals surface area (Å²) < 4.78 is 0. The maximum absolute atomic E-state index is 14.2. The Hall–Kier alpha value is -5.32. The van der Waals surface area contributed by atoms with E-state index in [2.05, 4.69) is 31.9 Å². The van der Waals surface area contributed by atoms with Crippen molar-refractivity contribution >= 4 is 53.5 Å². The third-order valence-corrected chi connectivity index (χ3v) is 10.7. The lowest BCUT2D eigenvalue weighted by Gasteiger charge is -2.34. The number of amides is 6. The number of carboxylic acid groups (broad SMARTS) is 2. The monoisotopic (exact) mass is 842 g/mol. The Kier molecular flexibility index (Phi) is 22.0. The minimum Gasteiger partial charge on any atom is -0.481 e. The SMILES string of the molecule is CC[C@H](NC(=O)[C@@H](NC(=O)[C@@H](NC(=O)[C@H](CC(C)C)NC(=O)[C@@H](CCC(=O)O)NC(=O)[C@H](CC(=O)O)NC(C)=O)[C@@H](C)CC)C1CCCCC1)C(O)/C=C/c1ccccc1. The highest BCUT2D eigenvalue weighted by atomic mass is 16.4. The van der Waals surface area contributed by atoms with Gasteiger partial charge >= 0.3 is 11.9 Å². The van der Waals surface area contributed by atoms with Crippen molar-refractivity contribution in [3.63, 3.8) is 0 Å². The van der Waals surface area contributed by atoms with Crippen LogP contribution in [0.15, 0.2) is 36.4 Å². The molecule has 0 saturated heterocycles. The van der Waals surface area contributed by atoms with E-state index in [9.17, 15) is 53.7 Å². The highest BCUT2D eigenvalue weighted by Crippen LogP contribution is 2.27. The Morgan fingerprint density at radius 3 is 1.85 bits per heavy atom. The molecular weight excluding hydrogens is 777 g/mol. The topological polar surface area (TPSA) is 269 Å². The Morgan fingerprint density at radius 1 is 0.700 bits per heavy atom. The van der Waals surface area contributed by atoms with Crippen LogP contribution in [0.25, 0.3) is 6.08 Å². The number of aliphatic hydroxyl groups is 1. The van der Waals surface area contributed by atoms with E-state index in [-0.39, 0.29) is 18.3 Å². The van der Waals surface area contributed by atoms with Gasteiger partial charge < -0.3 is 47.2 Å². The predicted octanol–water partition coefficient (Wildman–Crippen LogP) is 2.41. The number of hydrogen-bond acceptors (Lipinski definition) is 9. The summed E-state index contributed by atoms with van der Waals surface area (Å²) in [5.74, 6) is -7.99. The summed E-state index contributed by atoms with van der Waals surface area (Å²) >= 11 is 0. The first-order valence-corrected chi connectivity index (χ1v) is 21.0. The van der Waals surface area contributed by atoms with E-state index < -0.39 is 115 Å². The van der Waals surface area contributed by atoms with Gasteiger partial charge in [0.15, 0.2) is 0 Å². The molecule has 0 bridgehead atoms. The summed E-state index contributed by atoms with van der Waals surface area (Å²) in [5.41, 5.74) is 0.882. The maximum Gasteiger partial charge on any atom is 0.305 e. The van der Waals surface area contributed by atoms with Gasteiger partial charge in [0.2, 0.25) is 35.4 Å². The van der Waals surface area contributed by atoms with Crippen molar-refractivity contribution in [1.29, 1.82) is 0 Å². The molecule has 17 nitrogen and oxygen atoms in total. The predicted molar refractivity (Wildman–Crippen MR) is 224 cm³/mol. The lowest BCUT2D eigenvalue weighted by atomic mass is 9.83. The number of aliphatic carboxylic acids is 2. The average Bonchev–Trinajstić information content (AvgIpc) is 3.20. The van der Waals surface area contributed by atoms with Gasteiger partial charge in [-0.1, -0.05) is 103 Å². The van der Waals surface area contributed by atoms with Crippen molar-refractivity contribution in [3.8, 4) is 0 Å². The van der Waals surface area contributed by atoms with Crippen LogP contribution in [0.1, 0.15) is 118 Å². The number of rotatable bonds is 25. The number of carboxylic acids is 2. The van der Waals surface area contributed by atoms with E-state index in [1.54, 1.807) is 32.9 Å². The van der Waals surface area contributed by atoms with Gasteiger partial charge in [-0.25, -0.2) is 0 Å². The van der Waals surface area contributed by atoms with Crippen molar-refractivity contribution in [2.24, 2.45) is 17.8 Å². The summed E-state index contributed by atoms with van der Waals surface area (Å²) in [7, 11) is 0. The van der Waals surface area contributed by atoms with Gasteiger partial charge in [0.25, 0.3) is 0 Å². The summed E-state index contributed by atoms with van der Waals surface area (Å²) in [5, 5.41) is 45.4. The Labute approximate surface area is 352 Å². The first-order chi connectivity index (χ1) is 28.4. The highest BCUT2D eigenvalue weighted by Gasteiger charge is 2.37. The van der Waals surface area contributed by atoms with Crippen molar-refractivity contribution in [2.45, 2.75) is 155 Å². The van der Waals surface area contributed by atoms with E-state index in [1.807, 2.05) is 44.2 Å². The molecular formula is C43H66N6O11. The fraction of sp³-hybridized carbons (Fsp3) is 0.628. The lowest BCUT2D eigenvalue weighted by Crippen LogP contribution is -2.61. The third-order valence-electron chi connectivity index (χ3n) is 10.7. The minimum absolute atomic E-state index is 0.0755. The number of carbonyl (C=O) groups excluding carboxylic acids is 6. The molecule has 0 aromatic heterocycles. The van der Waals surface area contributed by atoms with Crippen LogP contribution in [0, 0.1) is 17.8 Å². The van der Waals surface area contributed by atoms with Crippen LogP contribution >= 0.6 is 0 Å². The van der Waals surface area contributed by atoms with Crippen LogP contribution in [0.5, 0.6) is 0 Å². The van der Waals surface area contributed by atoms with Crippen LogP contribution < -0.4 is 31.9 Å². The van der Waals surface area contributed by atoms with Crippen LogP contribution in [0.3, 0.4) is 0 Å². The van der Waals surface area contributed by atoms with Crippen LogP contribution in [0.4, 0.5) is 0 Å². The molecule has 8 atom stereocenters. The smallest absolute Gasteiger partial charge is 0.305 e. The van der Waals surface area contributed by atoms with Gasteiger partial charge in [0.1, 0.15) is 30.2 Å². The van der Waals surface area contributed by atoms with Gasteiger partial charge in [0, 0.05) is 13.3 Å². The molecule has 9 N–H and O–H groups in total. The molecule has 334 valence electrons. The summed E-state index contributed by atoms with van der Waals surface area (Å²) in [4.78, 5) is 104. The first-order valence-electron chi connectivity index (χ1n) is 21.0. The van der Waals surface area contributed by atoms with Gasteiger partial charge in [-0.3, -0.25) is 38.4 Å². The normalized spacial score (nSPS) is 17.1. The fourth-order valence-corrected chi connectivity index (χ4v) is 7.09. The number of aliphatic hydroxyl groups excluding tert-OH is 1. The second-order valence-corrected chi connectivity index (χ2v) is 16.1. The Morgan fingerprint density at radius 2 is 1.30 bits per heavy atom. The molecule has 1 fully saturated rings. The van der Waals surface area contributed by atoms with Gasteiger partial charge in [0.05, 0.1) is 18.6 Å². The molecule has 1 saturated carbocycles. The van der Waals surface area contributed by atoms with Crippen LogP contribution in [-0.4, -0.2) is 105 Å². The summed E-state index contributed by atoms with van der Waals surface area (Å²) in [6.45, 7) is 10.1. The zero-order valence-electron chi connectivity index (χ0n) is 35.7. The van der Waals surface area contributed by atoms with E-state index in [1.165, 1.54) is 0 Å². The number of nitrogens with one attached hydrogen (secondary N) is 6. The van der Waals surface area contributed by atoms with E-state index >= 15 is 0 Å². The zero-order valence-corrected chi connectivity index (χ0v) is 35.7. The largest absolute Gasteiger partial charge is 0.481 e. The average molecular weight is 843 g/mol. The van der Waals surface area contributed by atoms with Crippen molar-refractivity contribution in [2.75, 3.05) is 0 Å². The van der Waals surface area contributed by atoms with E-state index in [0.717, 1.165) is 31.7 Å². The summed E-state index contributed by atoms with van der Waals surface area (Å²) in [6.07, 6.45) is 5.61. The van der Waals surface area contributed by atoms with Crippen LogP contribution in [-0.2, 0) is 38.4 Å². The van der Waals surface area contributed by atoms with Crippen molar-refractivity contribution in [1.82, 2.24) is 31.9 Å². The Balaban J connectivity index is 2.34. The highest BCUT2D eigenvalue weighted by molar-refractivity contribution is 5.97. The van der Waals surface area contributed by atoms with Gasteiger partial charge in [-0.15, -0.1) is 0 Å². The molecule has 1 unspecified atom stereocenters. The molecule has 17 heteroatoms. The first kappa shape index (κ1) is 50.8. The molecule has 1 aliphatic carbocycles. The zero-order chi connectivity index (χ0) is 44.9. The molecule has 0 spiro atoms. The van der Waals surface area contributed by atoms with E-state index in [0.29, 0.717) is 25.7 Å². The molecule has 1 aromatic rings. The molecule has 0 radical (unpaired) electrons. The second kappa shape index (κ2) is 26.0. The second-order valence-electron chi connectivity index (χ2n) is 16.1. The molecule has 60 heavy (non-hydrogen) atoms. The van der Waals surface area contributed by atoms with E-state index in [4.69, 9.17) is 0 Å². The summed E-state index contributed by atoms with van der Waals surface area (Å²) in [6, 6.07) is 2.28. The lowest BCUT2D eigenvalue weighted by molar-refractivity contribution is -0.141. The molecule has 2 rings (SSSR count). The third kappa shape index (κ3) is 17.9. The fourth-order valence-electron chi connectivity index (χ4n) is 7.09. The van der Waals surface area contributed by atoms with Crippen LogP contribution in [0.2, 0.25) is 0 Å². The Bertz CT molecular complexity index is 1620. The number of hydrogen-bond donors (Lipinski definition) is 9.